The summed E-state index contributed by atoms with van der Waals surface area (Å²) in [6, 6.07) is 7.37. The van der Waals surface area contributed by atoms with E-state index in [0.717, 1.165) is 0 Å². The first kappa shape index (κ1) is 16.1. The summed E-state index contributed by atoms with van der Waals surface area (Å²) in [5, 5.41) is 27.2. The van der Waals surface area contributed by atoms with E-state index in [1.54, 1.807) is 10.9 Å². The van der Waals surface area contributed by atoms with E-state index in [9.17, 15) is 10.2 Å². The van der Waals surface area contributed by atoms with Crippen LogP contribution in [0.25, 0.3) is 22.2 Å². The lowest BCUT2D eigenvalue weighted by molar-refractivity contribution is -0.0432. The van der Waals surface area contributed by atoms with Gasteiger partial charge in [0, 0.05) is 6.42 Å². The number of imidazole rings is 1. The van der Waals surface area contributed by atoms with Gasteiger partial charge in [-0.2, -0.15) is 4.98 Å². The number of hydrogen-bond donors (Lipinski definition) is 2. The zero-order chi connectivity index (χ0) is 18.4. The van der Waals surface area contributed by atoms with Crippen LogP contribution >= 0.6 is 0 Å². The minimum atomic E-state index is -0.753. The SMILES string of the molecule is OCC1OC(n2cnc3c(On4nnc5ccccc54)ncnc32)CC1O. The molecule has 0 amide bonds. The Balaban J connectivity index is 1.51. The van der Waals surface area contributed by atoms with Crippen molar-refractivity contribution in [1.82, 2.24) is 34.7 Å². The number of hydrogen-bond acceptors (Lipinski definition) is 9. The number of aliphatic hydroxyl groups excluding tert-OH is 2. The van der Waals surface area contributed by atoms with Crippen LogP contribution < -0.4 is 4.84 Å². The molecule has 27 heavy (non-hydrogen) atoms. The number of para-hydroxylation sites is 1. The molecule has 0 spiro atoms. The standard InChI is InChI=1S/C16H15N7O4/c24-6-12-11(25)5-13(26-12)22-8-19-14-15(22)17-7-18-16(14)27-23-10-4-2-1-3-9(10)20-21-23/h1-4,7-8,11-13,24-25H,5-6H2. The topological polar surface area (TPSA) is 133 Å². The van der Waals surface area contributed by atoms with Gasteiger partial charge in [-0.25, -0.2) is 9.97 Å². The van der Waals surface area contributed by atoms with Gasteiger partial charge in [0.15, 0.2) is 11.2 Å². The van der Waals surface area contributed by atoms with Crippen LogP contribution in [-0.4, -0.2) is 63.7 Å². The van der Waals surface area contributed by atoms with Crippen LogP contribution in [0.5, 0.6) is 5.88 Å². The summed E-state index contributed by atoms with van der Waals surface area (Å²) in [4.78, 5) is 19.8. The van der Waals surface area contributed by atoms with Gasteiger partial charge in [0.1, 0.15) is 29.7 Å². The van der Waals surface area contributed by atoms with Gasteiger partial charge in [-0.1, -0.05) is 17.0 Å². The molecule has 3 unspecified atom stereocenters. The fourth-order valence-electron chi connectivity index (χ4n) is 3.16. The molecule has 1 fully saturated rings. The molecule has 1 aliphatic rings. The Morgan fingerprint density at radius 1 is 1.22 bits per heavy atom. The maximum Gasteiger partial charge on any atom is 0.280 e. The normalized spacial score (nSPS) is 22.7. The summed E-state index contributed by atoms with van der Waals surface area (Å²) in [6.45, 7) is -0.257. The van der Waals surface area contributed by atoms with Crippen molar-refractivity contribution in [2.24, 2.45) is 0 Å². The number of fused-ring (bicyclic) bond motifs is 2. The van der Waals surface area contributed by atoms with E-state index in [1.165, 1.54) is 11.2 Å². The third-order valence-electron chi connectivity index (χ3n) is 4.51. The molecule has 138 valence electrons. The lowest BCUT2D eigenvalue weighted by atomic mass is 10.2. The Kier molecular flexibility index (Phi) is 3.70. The first-order valence-corrected chi connectivity index (χ1v) is 8.35. The third-order valence-corrected chi connectivity index (χ3v) is 4.51. The van der Waals surface area contributed by atoms with Crippen molar-refractivity contribution in [1.29, 1.82) is 0 Å². The van der Waals surface area contributed by atoms with Crippen molar-refractivity contribution < 1.29 is 19.8 Å². The Hall–Kier alpha value is -3.15. The Labute approximate surface area is 151 Å². The van der Waals surface area contributed by atoms with Crippen LogP contribution in [0.3, 0.4) is 0 Å². The van der Waals surface area contributed by atoms with E-state index in [4.69, 9.17) is 9.57 Å². The first-order chi connectivity index (χ1) is 13.2. The minimum Gasteiger partial charge on any atom is -0.394 e. The van der Waals surface area contributed by atoms with Crippen molar-refractivity contribution in [3.05, 3.63) is 36.9 Å². The van der Waals surface area contributed by atoms with Crippen LogP contribution in [0.2, 0.25) is 0 Å². The van der Waals surface area contributed by atoms with Gasteiger partial charge >= 0.3 is 0 Å². The van der Waals surface area contributed by atoms with E-state index >= 15 is 0 Å². The van der Waals surface area contributed by atoms with E-state index in [2.05, 4.69) is 25.3 Å². The summed E-state index contributed by atoms with van der Waals surface area (Å²) in [7, 11) is 0. The van der Waals surface area contributed by atoms with E-state index in [0.29, 0.717) is 28.6 Å². The van der Waals surface area contributed by atoms with Crippen LogP contribution in [-0.2, 0) is 4.74 Å². The number of nitrogens with zero attached hydrogens (tertiary/aromatic N) is 7. The second-order valence-corrected chi connectivity index (χ2v) is 6.16. The molecule has 1 aliphatic heterocycles. The molecule has 1 saturated heterocycles. The summed E-state index contributed by atoms with van der Waals surface area (Å²) in [6.07, 6.45) is 1.34. The average molecular weight is 369 g/mol. The number of aromatic nitrogens is 7. The summed E-state index contributed by atoms with van der Waals surface area (Å²) < 4.78 is 7.36. The van der Waals surface area contributed by atoms with Gasteiger partial charge in [0.05, 0.1) is 19.0 Å². The molecule has 5 rings (SSSR count). The molecule has 3 aromatic heterocycles. The van der Waals surface area contributed by atoms with Gasteiger partial charge in [-0.05, 0) is 17.3 Å². The maximum atomic E-state index is 9.96. The van der Waals surface area contributed by atoms with Crippen LogP contribution in [0.4, 0.5) is 0 Å². The second kappa shape index (κ2) is 6.23. The van der Waals surface area contributed by atoms with Gasteiger partial charge in [-0.3, -0.25) is 4.57 Å². The zero-order valence-corrected chi connectivity index (χ0v) is 14.0. The lowest BCUT2D eigenvalue weighted by Crippen LogP contribution is -2.24. The zero-order valence-electron chi connectivity index (χ0n) is 14.0. The maximum absolute atomic E-state index is 9.96. The molecule has 0 bridgehead atoms. The lowest BCUT2D eigenvalue weighted by Gasteiger charge is -2.13. The Bertz CT molecular complexity index is 1110. The fourth-order valence-corrected chi connectivity index (χ4v) is 3.16. The largest absolute Gasteiger partial charge is 0.394 e. The second-order valence-electron chi connectivity index (χ2n) is 6.16. The molecule has 0 aliphatic carbocycles. The predicted octanol–water partition coefficient (Wildman–Crippen LogP) is 0.0538. The van der Waals surface area contributed by atoms with E-state index in [1.807, 2.05) is 24.3 Å². The highest BCUT2D eigenvalue weighted by molar-refractivity contribution is 5.77. The number of aliphatic hydroxyl groups is 2. The van der Waals surface area contributed by atoms with Gasteiger partial charge in [-0.15, -0.1) is 5.10 Å². The van der Waals surface area contributed by atoms with Crippen molar-refractivity contribution >= 4 is 22.2 Å². The summed E-state index contributed by atoms with van der Waals surface area (Å²) in [5.74, 6) is 0.214. The fraction of sp³-hybridized carbons (Fsp3) is 0.312. The van der Waals surface area contributed by atoms with Gasteiger partial charge in [0.2, 0.25) is 0 Å². The highest BCUT2D eigenvalue weighted by atomic mass is 16.7. The van der Waals surface area contributed by atoms with Gasteiger partial charge < -0.3 is 19.8 Å². The average Bonchev–Trinajstić information content (AvgIpc) is 3.39. The molecule has 2 N–H and O–H groups in total. The van der Waals surface area contributed by atoms with Crippen molar-refractivity contribution in [2.45, 2.75) is 24.9 Å². The highest BCUT2D eigenvalue weighted by Gasteiger charge is 2.35. The molecule has 11 heteroatoms. The number of ether oxygens (including phenoxy) is 1. The Morgan fingerprint density at radius 2 is 2.11 bits per heavy atom. The molecule has 4 heterocycles. The number of benzene rings is 1. The third kappa shape index (κ3) is 2.60. The Morgan fingerprint density at radius 3 is 2.96 bits per heavy atom. The molecular weight excluding hydrogens is 354 g/mol. The first-order valence-electron chi connectivity index (χ1n) is 8.35. The highest BCUT2D eigenvalue weighted by Crippen LogP contribution is 2.32. The molecule has 3 atom stereocenters. The molecule has 1 aromatic carbocycles. The van der Waals surface area contributed by atoms with Crippen molar-refractivity contribution in [3.8, 4) is 5.88 Å². The molecule has 0 radical (unpaired) electrons. The van der Waals surface area contributed by atoms with Gasteiger partial charge in [0.25, 0.3) is 5.88 Å². The summed E-state index contributed by atoms with van der Waals surface area (Å²) >= 11 is 0. The van der Waals surface area contributed by atoms with Crippen LogP contribution in [0.15, 0.2) is 36.9 Å². The smallest absolute Gasteiger partial charge is 0.280 e. The summed E-state index contributed by atoms with van der Waals surface area (Å²) in [5.41, 5.74) is 2.29. The number of rotatable bonds is 4. The molecular formula is C16H15N7O4. The quantitative estimate of drug-likeness (QED) is 0.512. The molecule has 4 aromatic rings. The van der Waals surface area contributed by atoms with E-state index in [-0.39, 0.29) is 12.5 Å². The molecule has 11 nitrogen and oxygen atoms in total. The van der Waals surface area contributed by atoms with Crippen LogP contribution in [0.1, 0.15) is 12.6 Å². The predicted molar refractivity (Wildman–Crippen MR) is 90.5 cm³/mol. The monoisotopic (exact) mass is 369 g/mol. The van der Waals surface area contributed by atoms with Crippen LogP contribution in [0, 0.1) is 0 Å². The minimum absolute atomic E-state index is 0.214. The van der Waals surface area contributed by atoms with Crippen molar-refractivity contribution in [2.75, 3.05) is 6.61 Å². The molecule has 0 saturated carbocycles. The van der Waals surface area contributed by atoms with E-state index < -0.39 is 18.4 Å². The van der Waals surface area contributed by atoms with Crippen molar-refractivity contribution in [3.63, 3.8) is 0 Å².